The minimum atomic E-state index is -0.439. The van der Waals surface area contributed by atoms with Gasteiger partial charge in [0.1, 0.15) is 6.04 Å². The van der Waals surface area contributed by atoms with Crippen LogP contribution < -0.4 is 5.73 Å². The number of fused-ring (bicyclic) bond motifs is 1. The first-order valence-corrected chi connectivity index (χ1v) is 7.76. The fraction of sp³-hybridized carbons (Fsp3) is 0.529. The summed E-state index contributed by atoms with van der Waals surface area (Å²) < 4.78 is 0. The molecule has 1 aromatic rings. The van der Waals surface area contributed by atoms with E-state index >= 15 is 0 Å². The summed E-state index contributed by atoms with van der Waals surface area (Å²) >= 11 is 0. The molecule has 0 spiro atoms. The number of nitrogens with two attached hydrogens (primary N) is 1. The molecule has 1 aliphatic carbocycles. The topological polar surface area (TPSA) is 63.4 Å². The molecular weight excluding hydrogens is 264 g/mol. The maximum absolute atomic E-state index is 12.9. The lowest BCUT2D eigenvalue weighted by Gasteiger charge is -2.33. The zero-order valence-corrected chi connectivity index (χ0v) is 12.4. The third-order valence-electron chi connectivity index (χ3n) is 4.92. The number of aryl methyl sites for hydroxylation is 1. The fourth-order valence-electron chi connectivity index (χ4n) is 3.93. The first kappa shape index (κ1) is 14.1. The van der Waals surface area contributed by atoms with Crippen LogP contribution >= 0.6 is 0 Å². The molecule has 1 saturated heterocycles. The molecule has 0 aromatic heterocycles. The van der Waals surface area contributed by atoms with Crippen molar-refractivity contribution in [2.24, 2.45) is 11.7 Å². The van der Waals surface area contributed by atoms with Gasteiger partial charge in [-0.15, -0.1) is 0 Å². The molecule has 2 N–H and O–H groups in total. The Morgan fingerprint density at radius 1 is 1.24 bits per heavy atom. The molecule has 1 aliphatic heterocycles. The third kappa shape index (κ3) is 2.55. The van der Waals surface area contributed by atoms with Crippen molar-refractivity contribution in [3.63, 3.8) is 0 Å². The van der Waals surface area contributed by atoms with Crippen LogP contribution in [0.2, 0.25) is 0 Å². The number of hydrogen-bond donors (Lipinski definition) is 1. The third-order valence-corrected chi connectivity index (χ3v) is 4.92. The van der Waals surface area contributed by atoms with E-state index in [9.17, 15) is 9.59 Å². The molecule has 0 bridgehead atoms. The molecule has 2 fully saturated rings. The van der Waals surface area contributed by atoms with Gasteiger partial charge in [0.05, 0.1) is 0 Å². The summed E-state index contributed by atoms with van der Waals surface area (Å²) in [6.45, 7) is 1.97. The van der Waals surface area contributed by atoms with Crippen LogP contribution in [0.5, 0.6) is 0 Å². The molecule has 2 aliphatic rings. The van der Waals surface area contributed by atoms with Gasteiger partial charge in [0.25, 0.3) is 5.91 Å². The predicted molar refractivity (Wildman–Crippen MR) is 80.7 cm³/mol. The highest BCUT2D eigenvalue weighted by atomic mass is 16.2. The lowest BCUT2D eigenvalue weighted by molar-refractivity contribution is -0.122. The van der Waals surface area contributed by atoms with Gasteiger partial charge < -0.3 is 10.6 Å². The van der Waals surface area contributed by atoms with Crippen molar-refractivity contribution >= 4 is 11.8 Å². The molecule has 112 valence electrons. The number of nitrogens with zero attached hydrogens (tertiary/aromatic N) is 1. The van der Waals surface area contributed by atoms with E-state index in [-0.39, 0.29) is 17.9 Å². The van der Waals surface area contributed by atoms with Crippen molar-refractivity contribution in [1.82, 2.24) is 4.90 Å². The zero-order valence-electron chi connectivity index (χ0n) is 12.4. The van der Waals surface area contributed by atoms with Gasteiger partial charge in [-0.1, -0.05) is 30.5 Å². The number of rotatable bonds is 2. The summed E-state index contributed by atoms with van der Waals surface area (Å²) in [6.07, 6.45) is 5.15. The molecule has 1 heterocycles. The number of carbonyl (C=O) groups excluding carboxylic acids is 2. The van der Waals surface area contributed by atoms with Gasteiger partial charge in [0.2, 0.25) is 5.91 Å². The lowest BCUT2D eigenvalue weighted by Crippen LogP contribution is -2.48. The van der Waals surface area contributed by atoms with Crippen LogP contribution in [0, 0.1) is 12.8 Å². The molecule has 3 atom stereocenters. The number of primary amides is 1. The second-order valence-corrected chi connectivity index (χ2v) is 6.35. The summed E-state index contributed by atoms with van der Waals surface area (Å²) in [5.74, 6) is 0.0207. The number of likely N-dealkylation sites (tertiary alicyclic amines) is 1. The van der Waals surface area contributed by atoms with Crippen molar-refractivity contribution in [3.8, 4) is 0 Å². The molecule has 1 saturated carbocycles. The quantitative estimate of drug-likeness (QED) is 0.906. The standard InChI is InChI=1S/C17H22N2O2/c1-11-5-4-7-13(9-11)17(21)19-14-8-3-2-6-12(14)10-15(19)16(18)20/h4-5,7,9,12,14-15H,2-3,6,8,10H2,1H3,(H2,18,20)/t12-,14-,15+/m1/s1. The SMILES string of the molecule is Cc1cccc(C(=O)N2[C@@H]3CCCC[C@@H]3C[C@H]2C(N)=O)c1. The smallest absolute Gasteiger partial charge is 0.254 e. The summed E-state index contributed by atoms with van der Waals surface area (Å²) in [5.41, 5.74) is 7.27. The average molecular weight is 286 g/mol. The van der Waals surface area contributed by atoms with Crippen LogP contribution in [0.15, 0.2) is 24.3 Å². The van der Waals surface area contributed by atoms with E-state index in [4.69, 9.17) is 5.73 Å². The Bertz CT molecular complexity index is 570. The van der Waals surface area contributed by atoms with E-state index in [1.54, 1.807) is 4.90 Å². The highest BCUT2D eigenvalue weighted by molar-refractivity contribution is 5.98. The molecule has 0 unspecified atom stereocenters. The number of amides is 2. The summed E-state index contributed by atoms with van der Waals surface area (Å²) in [5, 5.41) is 0. The van der Waals surface area contributed by atoms with Crippen LogP contribution in [0.3, 0.4) is 0 Å². The van der Waals surface area contributed by atoms with E-state index in [0.29, 0.717) is 11.5 Å². The minimum absolute atomic E-state index is 0.0445. The highest BCUT2D eigenvalue weighted by Crippen LogP contribution is 2.40. The summed E-state index contributed by atoms with van der Waals surface area (Å²) in [4.78, 5) is 26.5. The zero-order chi connectivity index (χ0) is 15.0. The maximum Gasteiger partial charge on any atom is 0.254 e. The molecule has 4 nitrogen and oxygen atoms in total. The highest BCUT2D eigenvalue weighted by Gasteiger charge is 2.46. The van der Waals surface area contributed by atoms with Crippen molar-refractivity contribution in [3.05, 3.63) is 35.4 Å². The van der Waals surface area contributed by atoms with Crippen LogP contribution in [0.25, 0.3) is 0 Å². The Labute approximate surface area is 125 Å². The first-order valence-electron chi connectivity index (χ1n) is 7.76. The van der Waals surface area contributed by atoms with E-state index in [1.807, 2.05) is 31.2 Å². The van der Waals surface area contributed by atoms with Gasteiger partial charge in [0.15, 0.2) is 0 Å². The summed E-state index contributed by atoms with van der Waals surface area (Å²) in [7, 11) is 0. The molecule has 4 heteroatoms. The van der Waals surface area contributed by atoms with Gasteiger partial charge in [-0.2, -0.15) is 0 Å². The molecule has 0 radical (unpaired) electrons. The molecule has 1 aromatic carbocycles. The van der Waals surface area contributed by atoms with Gasteiger partial charge >= 0.3 is 0 Å². The maximum atomic E-state index is 12.9. The van der Waals surface area contributed by atoms with Crippen molar-refractivity contribution in [2.75, 3.05) is 0 Å². The summed E-state index contributed by atoms with van der Waals surface area (Å²) in [6, 6.07) is 7.31. The van der Waals surface area contributed by atoms with E-state index in [0.717, 1.165) is 31.2 Å². The normalized spacial score (nSPS) is 28.2. The molecular formula is C17H22N2O2. The van der Waals surface area contributed by atoms with E-state index < -0.39 is 6.04 Å². The monoisotopic (exact) mass is 286 g/mol. The Morgan fingerprint density at radius 2 is 2.00 bits per heavy atom. The Kier molecular flexibility index (Phi) is 3.70. The first-order chi connectivity index (χ1) is 10.1. The van der Waals surface area contributed by atoms with Crippen LogP contribution in [0.4, 0.5) is 0 Å². The molecule has 3 rings (SSSR count). The Balaban J connectivity index is 1.92. The Morgan fingerprint density at radius 3 is 2.71 bits per heavy atom. The number of hydrogen-bond acceptors (Lipinski definition) is 2. The van der Waals surface area contributed by atoms with Gasteiger partial charge in [-0.3, -0.25) is 9.59 Å². The van der Waals surface area contributed by atoms with Crippen molar-refractivity contribution in [1.29, 1.82) is 0 Å². The number of carbonyl (C=O) groups is 2. The van der Waals surface area contributed by atoms with E-state index in [2.05, 4.69) is 0 Å². The second kappa shape index (κ2) is 5.51. The van der Waals surface area contributed by atoms with Crippen LogP contribution in [-0.2, 0) is 4.79 Å². The van der Waals surface area contributed by atoms with Crippen LogP contribution in [0.1, 0.15) is 48.0 Å². The van der Waals surface area contributed by atoms with Gasteiger partial charge in [-0.25, -0.2) is 0 Å². The second-order valence-electron chi connectivity index (χ2n) is 6.35. The molecule has 21 heavy (non-hydrogen) atoms. The predicted octanol–water partition coefficient (Wildman–Crippen LogP) is 2.25. The minimum Gasteiger partial charge on any atom is -0.368 e. The van der Waals surface area contributed by atoms with Gasteiger partial charge in [-0.05, 0) is 44.2 Å². The fourth-order valence-corrected chi connectivity index (χ4v) is 3.93. The average Bonchev–Trinajstić information content (AvgIpc) is 2.86. The number of benzene rings is 1. The molecule has 2 amide bonds. The van der Waals surface area contributed by atoms with E-state index in [1.165, 1.54) is 6.42 Å². The van der Waals surface area contributed by atoms with Crippen LogP contribution in [-0.4, -0.2) is 28.8 Å². The van der Waals surface area contributed by atoms with Crippen molar-refractivity contribution in [2.45, 2.75) is 51.1 Å². The van der Waals surface area contributed by atoms with Crippen molar-refractivity contribution < 1.29 is 9.59 Å². The Hall–Kier alpha value is -1.84. The largest absolute Gasteiger partial charge is 0.368 e. The lowest BCUT2D eigenvalue weighted by atomic mass is 9.84. The van der Waals surface area contributed by atoms with Gasteiger partial charge in [0, 0.05) is 11.6 Å².